The second kappa shape index (κ2) is 6.83. The van der Waals surface area contributed by atoms with Crippen LogP contribution in [0.3, 0.4) is 0 Å². The molecule has 0 bridgehead atoms. The Bertz CT molecular complexity index is 427. The van der Waals surface area contributed by atoms with Gasteiger partial charge in [0.1, 0.15) is 10.1 Å². The summed E-state index contributed by atoms with van der Waals surface area (Å²) in [5.41, 5.74) is 0. The van der Waals surface area contributed by atoms with E-state index in [0.29, 0.717) is 26.2 Å². The van der Waals surface area contributed by atoms with E-state index in [9.17, 15) is 27.7 Å². The van der Waals surface area contributed by atoms with Crippen molar-refractivity contribution < 1.29 is 32.6 Å². The fraction of sp³-hybridized carbons (Fsp3) is 0.800. The van der Waals surface area contributed by atoms with Crippen molar-refractivity contribution >= 4 is 22.0 Å². The summed E-state index contributed by atoms with van der Waals surface area (Å²) in [6.45, 7) is 2.26. The van der Waals surface area contributed by atoms with Gasteiger partial charge in [0.15, 0.2) is 0 Å². The zero-order valence-electron chi connectivity index (χ0n) is 10.5. The predicted molar refractivity (Wildman–Crippen MR) is 60.9 cm³/mol. The highest BCUT2D eigenvalue weighted by atomic mass is 32.2. The van der Waals surface area contributed by atoms with E-state index in [-0.39, 0.29) is 25.3 Å². The van der Waals surface area contributed by atoms with Crippen molar-refractivity contribution in [3.63, 3.8) is 0 Å². The van der Waals surface area contributed by atoms with E-state index in [1.807, 2.05) is 0 Å². The fourth-order valence-electron chi connectivity index (χ4n) is 1.96. The number of amides is 1. The van der Waals surface area contributed by atoms with Crippen molar-refractivity contribution in [3.05, 3.63) is 0 Å². The average molecular weight is 293 g/mol. The summed E-state index contributed by atoms with van der Waals surface area (Å²) in [5, 5.41) is 10.2. The zero-order chi connectivity index (χ0) is 14.5. The molecule has 0 saturated carbocycles. The Balaban J connectivity index is 2.28. The number of quaternary nitrogens is 1. The monoisotopic (exact) mass is 293 g/mol. The Morgan fingerprint density at radius 2 is 1.74 bits per heavy atom. The normalized spacial score (nSPS) is 17.4. The van der Waals surface area contributed by atoms with Gasteiger partial charge in [-0.25, -0.2) is 8.42 Å². The maximum Gasteiger partial charge on any atom is 0.223 e. The Morgan fingerprint density at radius 3 is 2.21 bits per heavy atom. The van der Waals surface area contributed by atoms with Crippen LogP contribution in [-0.4, -0.2) is 68.2 Å². The minimum absolute atomic E-state index is 0.0768. The Hall–Kier alpha value is -1.19. The number of carboxylic acids is 1. The molecule has 1 N–H and O–H groups in total. The molecule has 1 heterocycles. The van der Waals surface area contributed by atoms with Crippen LogP contribution in [0, 0.1) is 0 Å². The van der Waals surface area contributed by atoms with E-state index in [4.69, 9.17) is 0 Å². The van der Waals surface area contributed by atoms with Gasteiger partial charge in [-0.1, -0.05) is 0 Å². The van der Waals surface area contributed by atoms with Gasteiger partial charge in [0.25, 0.3) is 0 Å². The van der Waals surface area contributed by atoms with Gasteiger partial charge in [-0.2, -0.15) is 0 Å². The summed E-state index contributed by atoms with van der Waals surface area (Å²) < 4.78 is 31.5. The minimum atomic E-state index is -4.20. The number of rotatable bonds is 6. The highest BCUT2D eigenvalue weighted by Crippen LogP contribution is 1.98. The lowest BCUT2D eigenvalue weighted by molar-refractivity contribution is -0.901. The molecule has 0 aromatic carbocycles. The van der Waals surface area contributed by atoms with Crippen LogP contribution in [0.25, 0.3) is 0 Å². The Labute approximate surface area is 111 Å². The molecule has 1 fully saturated rings. The number of nitrogens with zero attached hydrogens (tertiary/aromatic N) is 1. The first-order chi connectivity index (χ1) is 8.78. The first-order valence-electron chi connectivity index (χ1n) is 6.02. The third kappa shape index (κ3) is 6.50. The van der Waals surface area contributed by atoms with E-state index < -0.39 is 21.8 Å². The van der Waals surface area contributed by atoms with Gasteiger partial charge in [-0.05, 0) is 6.42 Å². The first-order valence-corrected chi connectivity index (χ1v) is 7.60. The van der Waals surface area contributed by atoms with Gasteiger partial charge in [0, 0.05) is 12.4 Å². The highest BCUT2D eigenvalue weighted by molar-refractivity contribution is 7.85. The van der Waals surface area contributed by atoms with Gasteiger partial charge in [-0.15, -0.1) is 0 Å². The van der Waals surface area contributed by atoms with Crippen LogP contribution < -0.4 is 10.0 Å². The van der Waals surface area contributed by atoms with Crippen LogP contribution in [0.4, 0.5) is 0 Å². The van der Waals surface area contributed by atoms with Gasteiger partial charge < -0.3 is 24.3 Å². The molecule has 1 saturated heterocycles. The van der Waals surface area contributed by atoms with Crippen molar-refractivity contribution in [2.24, 2.45) is 0 Å². The molecule has 1 amide bonds. The number of carbonyl (C=O) groups excluding carboxylic acids is 2. The molecule has 0 radical (unpaired) electrons. The van der Waals surface area contributed by atoms with E-state index in [1.165, 1.54) is 0 Å². The van der Waals surface area contributed by atoms with Crippen LogP contribution in [0.1, 0.15) is 12.8 Å². The van der Waals surface area contributed by atoms with Gasteiger partial charge in [0.05, 0.1) is 38.5 Å². The van der Waals surface area contributed by atoms with Crippen molar-refractivity contribution in [1.29, 1.82) is 0 Å². The van der Waals surface area contributed by atoms with Gasteiger partial charge in [0.2, 0.25) is 5.91 Å². The van der Waals surface area contributed by atoms with E-state index in [0.717, 1.165) is 4.90 Å². The van der Waals surface area contributed by atoms with Crippen molar-refractivity contribution in [1.82, 2.24) is 4.90 Å². The number of nitrogens with one attached hydrogen (secondary N) is 1. The predicted octanol–water partition coefficient (Wildman–Crippen LogP) is -4.21. The van der Waals surface area contributed by atoms with Crippen LogP contribution in [0.2, 0.25) is 0 Å². The largest absolute Gasteiger partial charge is 0.748 e. The Kier molecular flexibility index (Phi) is 5.70. The molecule has 0 aliphatic carbocycles. The molecule has 0 unspecified atom stereocenters. The number of hydrogen-bond donors (Lipinski definition) is 1. The lowest BCUT2D eigenvalue weighted by Gasteiger charge is -2.32. The number of piperazine rings is 1. The highest BCUT2D eigenvalue weighted by Gasteiger charge is 2.23. The third-order valence-electron chi connectivity index (χ3n) is 3.07. The summed E-state index contributed by atoms with van der Waals surface area (Å²) in [4.78, 5) is 24.4. The number of aliphatic carboxylic acids is 1. The number of carbonyl (C=O) groups is 2. The van der Waals surface area contributed by atoms with Crippen LogP contribution in [0.5, 0.6) is 0 Å². The molecule has 19 heavy (non-hydrogen) atoms. The summed E-state index contributed by atoms with van der Waals surface area (Å²) in [5.74, 6) is -1.89. The van der Waals surface area contributed by atoms with Crippen molar-refractivity contribution in [2.45, 2.75) is 12.8 Å². The first kappa shape index (κ1) is 15.9. The Morgan fingerprint density at radius 1 is 1.16 bits per heavy atom. The fourth-order valence-corrected chi connectivity index (χ4v) is 2.50. The molecule has 1 aliphatic rings. The maximum absolute atomic E-state index is 11.6. The molecule has 1 aliphatic heterocycles. The van der Waals surface area contributed by atoms with Crippen LogP contribution in [0.15, 0.2) is 0 Å². The van der Waals surface area contributed by atoms with E-state index >= 15 is 0 Å². The summed E-state index contributed by atoms with van der Waals surface area (Å²) in [6, 6.07) is 0. The topological polar surface area (TPSA) is 122 Å². The lowest BCUT2D eigenvalue weighted by atomic mass is 10.2. The SMILES string of the molecule is O=C([O-])CCC(=O)N1CC[NH+](CCS(=O)(=O)[O-])CC1. The van der Waals surface area contributed by atoms with Crippen LogP contribution >= 0.6 is 0 Å². The standard InChI is InChI=1S/C10H18N2O6S/c13-9(1-2-10(14)15)12-5-3-11(4-6-12)7-8-19(16,17)18/h1-8H2,(H,14,15)(H,16,17,18)/p-1. The second-order valence-electron chi connectivity index (χ2n) is 4.51. The number of carboxylic acid groups (broad SMARTS) is 1. The molecule has 0 aromatic rings. The molecule has 9 heteroatoms. The second-order valence-corrected chi connectivity index (χ2v) is 6.04. The molecule has 0 spiro atoms. The molecule has 0 atom stereocenters. The molecule has 0 aromatic heterocycles. The van der Waals surface area contributed by atoms with E-state index in [2.05, 4.69) is 0 Å². The van der Waals surface area contributed by atoms with Gasteiger partial charge in [-0.3, -0.25) is 4.79 Å². The quantitative estimate of drug-likeness (QED) is 0.495. The molecule has 110 valence electrons. The van der Waals surface area contributed by atoms with Crippen LogP contribution in [-0.2, 0) is 19.7 Å². The smallest absolute Gasteiger partial charge is 0.223 e. The third-order valence-corrected chi connectivity index (χ3v) is 3.78. The summed E-state index contributed by atoms with van der Waals surface area (Å²) >= 11 is 0. The summed E-state index contributed by atoms with van der Waals surface area (Å²) in [6.07, 6.45) is -0.368. The maximum atomic E-state index is 11.6. The molecule has 1 rings (SSSR count). The summed E-state index contributed by atoms with van der Waals surface area (Å²) in [7, 11) is -4.20. The van der Waals surface area contributed by atoms with Crippen molar-refractivity contribution in [3.8, 4) is 0 Å². The molecular weight excluding hydrogens is 276 g/mol. The van der Waals surface area contributed by atoms with Gasteiger partial charge >= 0.3 is 0 Å². The van der Waals surface area contributed by atoms with Crippen molar-refractivity contribution in [2.75, 3.05) is 38.5 Å². The van der Waals surface area contributed by atoms with E-state index in [1.54, 1.807) is 4.90 Å². The zero-order valence-corrected chi connectivity index (χ0v) is 11.3. The average Bonchev–Trinajstić information content (AvgIpc) is 2.33. The molecule has 8 nitrogen and oxygen atoms in total. The minimum Gasteiger partial charge on any atom is -0.748 e. The molecular formula is C10H17N2O6S-. The number of hydrogen-bond acceptors (Lipinski definition) is 6. The lowest BCUT2D eigenvalue weighted by Crippen LogP contribution is -3.15.